The minimum absolute atomic E-state index is 0.199. The van der Waals surface area contributed by atoms with E-state index in [9.17, 15) is 4.79 Å². The standard InChI is InChI=1S/C26H24ClN3O3S/c1-15-7-13-18(14-8-15)30-25(34)29-22-19-5-4-6-20(32-3)23(19)33-26(30,2)21(22)24(31)28-17-11-9-16(27)10-12-17/h4-14,21-22H,1-3H3,(H,28,31)(H,29,34). The largest absolute Gasteiger partial charge is 0.493 e. The Morgan fingerprint density at radius 1 is 1.15 bits per heavy atom. The molecule has 174 valence electrons. The van der Waals surface area contributed by atoms with Gasteiger partial charge in [0.05, 0.1) is 13.2 Å². The van der Waals surface area contributed by atoms with E-state index in [4.69, 9.17) is 33.3 Å². The Balaban J connectivity index is 1.64. The molecule has 2 heterocycles. The number of carbonyl (C=O) groups is 1. The van der Waals surface area contributed by atoms with Crippen molar-refractivity contribution in [3.8, 4) is 11.5 Å². The van der Waals surface area contributed by atoms with Crippen LogP contribution in [-0.4, -0.2) is 23.9 Å². The molecule has 34 heavy (non-hydrogen) atoms. The summed E-state index contributed by atoms with van der Waals surface area (Å²) < 4.78 is 12.3. The maximum Gasteiger partial charge on any atom is 0.236 e. The molecular formula is C26H24ClN3O3S. The van der Waals surface area contributed by atoms with Crippen molar-refractivity contribution in [3.05, 3.63) is 82.9 Å². The molecule has 0 radical (unpaired) electrons. The highest BCUT2D eigenvalue weighted by Gasteiger charge is 2.59. The smallest absolute Gasteiger partial charge is 0.236 e. The van der Waals surface area contributed by atoms with Crippen molar-refractivity contribution in [3.63, 3.8) is 0 Å². The molecule has 6 nitrogen and oxygen atoms in total. The maximum atomic E-state index is 13.8. The zero-order valence-corrected chi connectivity index (χ0v) is 20.5. The Bertz CT molecular complexity index is 1270. The summed E-state index contributed by atoms with van der Waals surface area (Å²) >= 11 is 11.8. The molecule has 1 amide bonds. The zero-order valence-electron chi connectivity index (χ0n) is 19.0. The van der Waals surface area contributed by atoms with Crippen molar-refractivity contribution in [1.82, 2.24) is 5.32 Å². The van der Waals surface area contributed by atoms with Crippen molar-refractivity contribution >= 4 is 46.2 Å². The van der Waals surface area contributed by atoms with E-state index in [0.29, 0.717) is 27.3 Å². The minimum Gasteiger partial charge on any atom is -0.493 e. The van der Waals surface area contributed by atoms with Crippen LogP contribution in [-0.2, 0) is 4.79 Å². The van der Waals surface area contributed by atoms with E-state index in [1.54, 1.807) is 31.4 Å². The Morgan fingerprint density at radius 3 is 2.53 bits per heavy atom. The molecule has 2 N–H and O–H groups in total. The number of halogens is 1. The number of nitrogens with one attached hydrogen (secondary N) is 2. The van der Waals surface area contributed by atoms with Crippen LogP contribution in [0.1, 0.15) is 24.1 Å². The minimum atomic E-state index is -1.12. The van der Waals surface area contributed by atoms with Gasteiger partial charge in [-0.25, -0.2) is 0 Å². The van der Waals surface area contributed by atoms with Crippen LogP contribution >= 0.6 is 23.8 Å². The summed E-state index contributed by atoms with van der Waals surface area (Å²) in [5.74, 6) is 0.357. The van der Waals surface area contributed by atoms with Gasteiger partial charge in [0.2, 0.25) is 5.91 Å². The first kappa shape index (κ1) is 22.5. The van der Waals surface area contributed by atoms with Gasteiger partial charge in [0, 0.05) is 22.0 Å². The van der Waals surface area contributed by atoms with Crippen LogP contribution in [0.25, 0.3) is 0 Å². The summed E-state index contributed by atoms with van der Waals surface area (Å²) in [6.07, 6.45) is 0. The van der Waals surface area contributed by atoms with Gasteiger partial charge in [-0.15, -0.1) is 0 Å². The number of anilines is 2. The van der Waals surface area contributed by atoms with Gasteiger partial charge in [0.25, 0.3) is 0 Å². The molecule has 3 aromatic carbocycles. The summed E-state index contributed by atoms with van der Waals surface area (Å²) in [6, 6.07) is 20.2. The molecule has 1 fully saturated rings. The SMILES string of the molecule is COc1cccc2c1OC1(C)C(C(=O)Nc3ccc(Cl)cc3)C2NC(=S)N1c1ccc(C)cc1. The zero-order chi connectivity index (χ0) is 24.0. The molecule has 0 aromatic heterocycles. The fraction of sp³-hybridized carbons (Fsp3) is 0.231. The highest BCUT2D eigenvalue weighted by molar-refractivity contribution is 7.80. The van der Waals surface area contributed by atoms with Gasteiger partial charge < -0.3 is 20.1 Å². The van der Waals surface area contributed by atoms with Crippen LogP contribution in [0.4, 0.5) is 11.4 Å². The number of methoxy groups -OCH3 is 1. The monoisotopic (exact) mass is 493 g/mol. The number of hydrogen-bond donors (Lipinski definition) is 2. The molecule has 1 saturated heterocycles. The van der Waals surface area contributed by atoms with E-state index < -0.39 is 17.7 Å². The number of aryl methyl sites for hydroxylation is 1. The lowest BCUT2D eigenvalue weighted by Gasteiger charge is -2.56. The Hall–Kier alpha value is -3.29. The summed E-state index contributed by atoms with van der Waals surface area (Å²) in [7, 11) is 1.60. The molecule has 2 aliphatic heterocycles. The van der Waals surface area contributed by atoms with Crippen LogP contribution < -0.4 is 25.0 Å². The van der Waals surface area contributed by atoms with Crippen LogP contribution in [0.2, 0.25) is 5.02 Å². The van der Waals surface area contributed by atoms with E-state index in [0.717, 1.165) is 16.8 Å². The number of fused-ring (bicyclic) bond motifs is 4. The van der Waals surface area contributed by atoms with Crippen molar-refractivity contribution in [1.29, 1.82) is 0 Å². The number of amides is 1. The average Bonchev–Trinajstić information content (AvgIpc) is 2.81. The molecular weight excluding hydrogens is 470 g/mol. The van der Waals surface area contributed by atoms with E-state index in [1.807, 2.05) is 61.2 Å². The summed E-state index contributed by atoms with van der Waals surface area (Å²) in [5, 5.41) is 7.52. The second-order valence-corrected chi connectivity index (χ2v) is 9.43. The highest BCUT2D eigenvalue weighted by Crippen LogP contribution is 2.52. The fourth-order valence-electron chi connectivity index (χ4n) is 4.77. The molecule has 8 heteroatoms. The second kappa shape index (κ2) is 8.49. The third kappa shape index (κ3) is 3.65. The van der Waals surface area contributed by atoms with Crippen molar-refractivity contribution < 1.29 is 14.3 Å². The molecule has 3 unspecified atom stereocenters. The molecule has 5 rings (SSSR count). The lowest BCUT2D eigenvalue weighted by Crippen LogP contribution is -2.72. The summed E-state index contributed by atoms with van der Waals surface area (Å²) in [6.45, 7) is 3.92. The molecule has 0 spiro atoms. The Morgan fingerprint density at radius 2 is 1.85 bits per heavy atom. The number of benzene rings is 3. The van der Waals surface area contributed by atoms with Crippen LogP contribution in [0.3, 0.4) is 0 Å². The molecule has 2 aliphatic rings. The number of nitrogens with zero attached hydrogens (tertiary/aromatic N) is 1. The van der Waals surface area contributed by atoms with Crippen LogP contribution in [0.5, 0.6) is 11.5 Å². The number of ether oxygens (including phenoxy) is 2. The molecule has 3 atom stereocenters. The quantitative estimate of drug-likeness (QED) is 0.471. The third-order valence-electron chi connectivity index (χ3n) is 6.40. The van der Waals surface area contributed by atoms with Gasteiger partial charge in [0.1, 0.15) is 5.92 Å². The van der Waals surface area contributed by atoms with E-state index in [2.05, 4.69) is 10.6 Å². The molecule has 2 bridgehead atoms. The van der Waals surface area contributed by atoms with Crippen molar-refractivity contribution in [2.45, 2.75) is 25.6 Å². The van der Waals surface area contributed by atoms with E-state index in [-0.39, 0.29) is 5.91 Å². The number of thiocarbonyl (C=S) groups is 1. The van der Waals surface area contributed by atoms with Gasteiger partial charge >= 0.3 is 0 Å². The lowest BCUT2D eigenvalue weighted by atomic mass is 9.78. The van der Waals surface area contributed by atoms with Gasteiger partial charge in [-0.05, 0) is 68.5 Å². The van der Waals surface area contributed by atoms with Gasteiger partial charge in [-0.2, -0.15) is 0 Å². The maximum absolute atomic E-state index is 13.8. The van der Waals surface area contributed by atoms with Gasteiger partial charge in [-0.1, -0.05) is 41.4 Å². The topological polar surface area (TPSA) is 62.8 Å². The van der Waals surface area contributed by atoms with Gasteiger partial charge in [0.15, 0.2) is 22.3 Å². The van der Waals surface area contributed by atoms with Crippen LogP contribution in [0, 0.1) is 12.8 Å². The van der Waals surface area contributed by atoms with Gasteiger partial charge in [-0.3, -0.25) is 9.69 Å². The second-order valence-electron chi connectivity index (χ2n) is 8.61. The average molecular weight is 494 g/mol. The number of para-hydroxylation sites is 1. The summed E-state index contributed by atoms with van der Waals surface area (Å²) in [5.41, 5.74) is 2.29. The summed E-state index contributed by atoms with van der Waals surface area (Å²) in [4.78, 5) is 15.7. The fourth-order valence-corrected chi connectivity index (χ4v) is 5.31. The lowest BCUT2D eigenvalue weighted by molar-refractivity contribution is -0.130. The van der Waals surface area contributed by atoms with E-state index in [1.165, 1.54) is 0 Å². The predicted molar refractivity (Wildman–Crippen MR) is 138 cm³/mol. The first-order valence-corrected chi connectivity index (χ1v) is 11.7. The first-order valence-electron chi connectivity index (χ1n) is 10.9. The van der Waals surface area contributed by atoms with Crippen molar-refractivity contribution in [2.24, 2.45) is 5.92 Å². The Labute approximate surface area is 208 Å². The first-order chi connectivity index (χ1) is 16.3. The molecule has 0 aliphatic carbocycles. The normalized spacial score (nSPS) is 22.8. The number of carbonyl (C=O) groups excluding carboxylic acids is 1. The Kier molecular flexibility index (Phi) is 5.62. The third-order valence-corrected chi connectivity index (χ3v) is 6.95. The molecule has 0 saturated carbocycles. The van der Waals surface area contributed by atoms with E-state index >= 15 is 0 Å². The van der Waals surface area contributed by atoms with Crippen LogP contribution in [0.15, 0.2) is 66.7 Å². The number of hydrogen-bond acceptors (Lipinski definition) is 4. The van der Waals surface area contributed by atoms with Crippen molar-refractivity contribution in [2.75, 3.05) is 17.3 Å². The number of rotatable bonds is 4. The predicted octanol–water partition coefficient (Wildman–Crippen LogP) is 5.46. The highest BCUT2D eigenvalue weighted by atomic mass is 35.5. The molecule has 3 aromatic rings.